The van der Waals surface area contributed by atoms with E-state index in [1.807, 2.05) is 17.5 Å². The second-order valence-corrected chi connectivity index (χ2v) is 12.2. The van der Waals surface area contributed by atoms with E-state index in [0.29, 0.717) is 38.2 Å². The number of amides is 6. The van der Waals surface area contributed by atoms with Gasteiger partial charge < -0.3 is 19.9 Å². The molecule has 1 saturated heterocycles. The number of nitrogens with zero attached hydrogens (tertiary/aromatic N) is 2. The van der Waals surface area contributed by atoms with Gasteiger partial charge in [0.2, 0.25) is 17.7 Å². The third-order valence-electron chi connectivity index (χ3n) is 8.16. The molecule has 1 aliphatic carbocycles. The van der Waals surface area contributed by atoms with E-state index in [1.165, 1.54) is 17.4 Å². The Hall–Kier alpha value is -4.85. The van der Waals surface area contributed by atoms with Crippen molar-refractivity contribution >= 4 is 46.8 Å². The molecular formula is C31H31N5O8S. The van der Waals surface area contributed by atoms with Crippen molar-refractivity contribution in [3.8, 4) is 16.4 Å². The SMILES string of the molecule is O=C1CCC(N2C(=O)c3cccc(OCCCCCNC(=O)C4CC(NC(=O)c5cc(-c6cccs6)on5)C4)c3C2=O)C(=O)N1. The van der Waals surface area contributed by atoms with Crippen LogP contribution in [-0.2, 0) is 14.4 Å². The van der Waals surface area contributed by atoms with Crippen molar-refractivity contribution in [3.05, 3.63) is 58.6 Å². The highest BCUT2D eigenvalue weighted by Gasteiger charge is 2.46. The standard InChI is InChI=1S/C31H31N5O8S/c37-25-10-9-21(29(40)34-25)36-30(41)19-6-4-7-22(26(19)31(36)42)43-12-3-1-2-11-32-27(38)17-14-18(15-17)33-28(39)20-16-23(44-35-20)24-8-5-13-45-24/h4-8,13,16-18,21H,1-3,9-12,14-15H2,(H,32,38)(H,33,39)(H,34,37,40). The van der Waals surface area contributed by atoms with Gasteiger partial charge in [-0.2, -0.15) is 0 Å². The minimum absolute atomic E-state index is 0.0400. The fourth-order valence-electron chi connectivity index (χ4n) is 5.67. The lowest BCUT2D eigenvalue weighted by atomic mass is 9.79. The van der Waals surface area contributed by atoms with Gasteiger partial charge in [-0.1, -0.05) is 17.3 Å². The van der Waals surface area contributed by atoms with Gasteiger partial charge in [-0.15, -0.1) is 11.3 Å². The fourth-order valence-corrected chi connectivity index (χ4v) is 6.35. The molecule has 3 N–H and O–H groups in total. The molecule has 1 atom stereocenters. The summed E-state index contributed by atoms with van der Waals surface area (Å²) in [5, 5.41) is 13.8. The smallest absolute Gasteiger partial charge is 0.273 e. The average Bonchev–Trinajstić information content (AvgIpc) is 3.76. The summed E-state index contributed by atoms with van der Waals surface area (Å²) in [5.41, 5.74) is 0.504. The molecule has 2 aromatic heterocycles. The summed E-state index contributed by atoms with van der Waals surface area (Å²) in [7, 11) is 0. The number of ether oxygens (including phenoxy) is 1. The highest BCUT2D eigenvalue weighted by atomic mass is 32.1. The molecule has 0 bridgehead atoms. The van der Waals surface area contributed by atoms with E-state index < -0.39 is 29.7 Å². The third kappa shape index (κ3) is 6.36. The van der Waals surface area contributed by atoms with Crippen LogP contribution in [0.4, 0.5) is 0 Å². The molecule has 6 rings (SSSR count). The van der Waals surface area contributed by atoms with Crippen molar-refractivity contribution in [1.29, 1.82) is 0 Å². The number of piperidine rings is 1. The Morgan fingerprint density at radius 1 is 1.07 bits per heavy atom. The van der Waals surface area contributed by atoms with Crippen LogP contribution in [0.3, 0.4) is 0 Å². The van der Waals surface area contributed by atoms with E-state index in [2.05, 4.69) is 21.1 Å². The van der Waals surface area contributed by atoms with E-state index in [0.717, 1.165) is 22.6 Å². The first-order chi connectivity index (χ1) is 21.8. The summed E-state index contributed by atoms with van der Waals surface area (Å²) < 4.78 is 11.1. The maximum atomic E-state index is 13.1. The summed E-state index contributed by atoms with van der Waals surface area (Å²) in [4.78, 5) is 76.7. The molecule has 4 heterocycles. The first-order valence-electron chi connectivity index (χ1n) is 14.9. The molecular weight excluding hydrogens is 602 g/mol. The quantitative estimate of drug-likeness (QED) is 0.200. The molecule has 45 heavy (non-hydrogen) atoms. The lowest BCUT2D eigenvalue weighted by Crippen LogP contribution is -2.54. The predicted molar refractivity (Wildman–Crippen MR) is 159 cm³/mol. The molecule has 6 amide bonds. The lowest BCUT2D eigenvalue weighted by molar-refractivity contribution is -0.136. The van der Waals surface area contributed by atoms with Gasteiger partial charge in [-0.25, -0.2) is 0 Å². The molecule has 0 radical (unpaired) electrons. The topological polar surface area (TPSA) is 177 Å². The summed E-state index contributed by atoms with van der Waals surface area (Å²) in [6.07, 6.45) is 3.41. The predicted octanol–water partition coefficient (Wildman–Crippen LogP) is 2.68. The summed E-state index contributed by atoms with van der Waals surface area (Å²) >= 11 is 1.50. The van der Waals surface area contributed by atoms with E-state index in [1.54, 1.807) is 18.2 Å². The van der Waals surface area contributed by atoms with Crippen LogP contribution in [0.15, 0.2) is 46.3 Å². The van der Waals surface area contributed by atoms with Crippen molar-refractivity contribution < 1.29 is 38.0 Å². The summed E-state index contributed by atoms with van der Waals surface area (Å²) in [5.74, 6) is -1.98. The van der Waals surface area contributed by atoms with E-state index in [4.69, 9.17) is 9.26 Å². The minimum atomic E-state index is -1.03. The van der Waals surface area contributed by atoms with Crippen LogP contribution < -0.4 is 20.7 Å². The van der Waals surface area contributed by atoms with Crippen molar-refractivity contribution in [1.82, 2.24) is 26.0 Å². The van der Waals surface area contributed by atoms with E-state index >= 15 is 0 Å². The van der Waals surface area contributed by atoms with Gasteiger partial charge >= 0.3 is 0 Å². The molecule has 2 fully saturated rings. The molecule has 14 heteroatoms. The number of hydrogen-bond donors (Lipinski definition) is 3. The molecule has 1 saturated carbocycles. The molecule has 1 unspecified atom stereocenters. The summed E-state index contributed by atoms with van der Waals surface area (Å²) in [6.45, 7) is 0.806. The Balaban J connectivity index is 0.875. The molecule has 3 aromatic rings. The van der Waals surface area contributed by atoms with Crippen LogP contribution in [0.1, 0.15) is 76.2 Å². The van der Waals surface area contributed by atoms with E-state index in [9.17, 15) is 28.8 Å². The molecule has 234 valence electrons. The Morgan fingerprint density at radius 3 is 2.69 bits per heavy atom. The zero-order valence-electron chi connectivity index (χ0n) is 24.2. The number of aromatic nitrogens is 1. The maximum Gasteiger partial charge on any atom is 0.273 e. The van der Waals surface area contributed by atoms with Gasteiger partial charge in [0.25, 0.3) is 17.7 Å². The first-order valence-corrected chi connectivity index (χ1v) is 15.7. The first kappa shape index (κ1) is 30.2. The van der Waals surface area contributed by atoms with E-state index in [-0.39, 0.29) is 59.2 Å². The van der Waals surface area contributed by atoms with Gasteiger partial charge in [-0.3, -0.25) is 39.0 Å². The van der Waals surface area contributed by atoms with Crippen molar-refractivity contribution in [3.63, 3.8) is 0 Å². The van der Waals surface area contributed by atoms with Gasteiger partial charge in [0.05, 0.1) is 22.6 Å². The largest absolute Gasteiger partial charge is 0.493 e. The maximum absolute atomic E-state index is 13.1. The number of carbonyl (C=O) groups excluding carboxylic acids is 6. The third-order valence-corrected chi connectivity index (χ3v) is 9.04. The van der Waals surface area contributed by atoms with Gasteiger partial charge in [-0.05, 0) is 62.1 Å². The number of carbonyl (C=O) groups is 6. The number of unbranched alkanes of at least 4 members (excludes halogenated alkanes) is 2. The minimum Gasteiger partial charge on any atom is -0.493 e. The highest BCUT2D eigenvalue weighted by Crippen LogP contribution is 2.34. The van der Waals surface area contributed by atoms with Crippen molar-refractivity contribution in [2.24, 2.45) is 5.92 Å². The van der Waals surface area contributed by atoms with Crippen LogP contribution in [0.2, 0.25) is 0 Å². The number of rotatable bonds is 12. The Bertz CT molecular complexity index is 1640. The van der Waals surface area contributed by atoms with Crippen LogP contribution in [0, 0.1) is 5.92 Å². The fraction of sp³-hybridized carbons (Fsp3) is 0.387. The molecule has 2 aliphatic heterocycles. The zero-order valence-corrected chi connectivity index (χ0v) is 25.0. The highest BCUT2D eigenvalue weighted by molar-refractivity contribution is 7.13. The molecule has 0 spiro atoms. The number of thiophene rings is 1. The monoisotopic (exact) mass is 633 g/mol. The van der Waals surface area contributed by atoms with Gasteiger partial charge in [0.1, 0.15) is 11.8 Å². The van der Waals surface area contributed by atoms with Gasteiger partial charge in [0.15, 0.2) is 11.5 Å². The Morgan fingerprint density at radius 2 is 1.91 bits per heavy atom. The van der Waals surface area contributed by atoms with Crippen LogP contribution >= 0.6 is 11.3 Å². The second-order valence-electron chi connectivity index (χ2n) is 11.2. The lowest BCUT2D eigenvalue weighted by Gasteiger charge is -2.34. The molecule has 1 aromatic carbocycles. The van der Waals surface area contributed by atoms with Crippen LogP contribution in [0.5, 0.6) is 5.75 Å². The Labute approximate surface area is 261 Å². The number of fused-ring (bicyclic) bond motifs is 1. The number of benzene rings is 1. The second kappa shape index (κ2) is 13.0. The van der Waals surface area contributed by atoms with Crippen LogP contribution in [-0.4, -0.2) is 70.7 Å². The molecule has 3 aliphatic rings. The van der Waals surface area contributed by atoms with Crippen molar-refractivity contribution in [2.75, 3.05) is 13.2 Å². The normalized spacial score (nSPS) is 20.8. The number of imide groups is 2. The number of nitrogens with one attached hydrogen (secondary N) is 3. The zero-order chi connectivity index (χ0) is 31.5. The molecule has 13 nitrogen and oxygen atoms in total. The summed E-state index contributed by atoms with van der Waals surface area (Å²) in [6, 6.07) is 9.02. The Kier molecular flexibility index (Phi) is 8.74. The van der Waals surface area contributed by atoms with Crippen molar-refractivity contribution in [2.45, 2.75) is 57.0 Å². The average molecular weight is 634 g/mol. The van der Waals surface area contributed by atoms with Crippen LogP contribution in [0.25, 0.3) is 10.6 Å². The van der Waals surface area contributed by atoms with Gasteiger partial charge in [0, 0.05) is 31.0 Å². The number of hydrogen-bond acceptors (Lipinski definition) is 10.